The van der Waals surface area contributed by atoms with Crippen LogP contribution in [0, 0.1) is 18.8 Å². The number of benzene rings is 1. The maximum atomic E-state index is 13.8. The Hall–Kier alpha value is -2.98. The summed E-state index contributed by atoms with van der Waals surface area (Å²) in [5.41, 5.74) is 9.05. The minimum Gasteiger partial charge on any atom is -0.461 e. The molecule has 2 aromatic heterocycles. The van der Waals surface area contributed by atoms with Crippen molar-refractivity contribution in [3.05, 3.63) is 73.8 Å². The van der Waals surface area contributed by atoms with Crippen LogP contribution in [0.1, 0.15) is 62.7 Å². The molecule has 0 saturated heterocycles. The standard InChI is InChI=1S/C29H34ClN5O7S2/c1-15(31)29(37)42-24-8-17(7-19(24)13-41-44(32,38)39)11-34-28-23(12-33-14-35-28)26(36)25-10-21(16(2)43-25)27-22-9-20(30)4-3-18(22)5-6-40-27/h3-4,9-10,12,14-15,17,19,24,27H,5-8,11,13,31H2,1-2H3,(H2,32,38,39)(H,33,34,35)/t15-,17+,19+,24-,27?/m0/s1. The van der Waals surface area contributed by atoms with Crippen LogP contribution < -0.4 is 16.2 Å². The lowest BCUT2D eigenvalue weighted by Crippen LogP contribution is -2.35. The fourth-order valence-corrected chi connectivity index (χ4v) is 7.22. The van der Waals surface area contributed by atoms with Gasteiger partial charge in [0.05, 0.1) is 23.7 Å². The van der Waals surface area contributed by atoms with Gasteiger partial charge in [-0.2, -0.15) is 8.42 Å². The highest BCUT2D eigenvalue weighted by molar-refractivity contribution is 7.84. The Morgan fingerprint density at radius 1 is 1.25 bits per heavy atom. The van der Waals surface area contributed by atoms with Crippen molar-refractivity contribution in [2.24, 2.45) is 22.7 Å². The van der Waals surface area contributed by atoms with Crippen molar-refractivity contribution in [2.45, 2.75) is 51.4 Å². The van der Waals surface area contributed by atoms with Crippen LogP contribution in [0.3, 0.4) is 0 Å². The fraction of sp³-hybridized carbons (Fsp3) is 0.448. The maximum absolute atomic E-state index is 13.8. The van der Waals surface area contributed by atoms with E-state index in [4.69, 9.17) is 36.1 Å². The Bertz CT molecular complexity index is 1650. The molecule has 1 unspecified atom stereocenters. The number of nitrogens with one attached hydrogen (secondary N) is 1. The van der Waals surface area contributed by atoms with Crippen molar-refractivity contribution >= 4 is 50.8 Å². The monoisotopic (exact) mass is 663 g/mol. The predicted molar refractivity (Wildman–Crippen MR) is 165 cm³/mol. The quantitative estimate of drug-likeness (QED) is 0.202. The molecule has 1 aromatic carbocycles. The van der Waals surface area contributed by atoms with Crippen LogP contribution in [0.4, 0.5) is 5.82 Å². The number of nitrogens with zero attached hydrogens (tertiary/aromatic N) is 2. The van der Waals surface area contributed by atoms with Crippen LogP contribution in [0.15, 0.2) is 36.8 Å². The molecule has 1 aliphatic carbocycles. The van der Waals surface area contributed by atoms with Gasteiger partial charge < -0.3 is 20.5 Å². The second kappa shape index (κ2) is 13.6. The number of ketones is 1. The summed E-state index contributed by atoms with van der Waals surface area (Å²) in [7, 11) is -4.17. The van der Waals surface area contributed by atoms with Crippen molar-refractivity contribution in [2.75, 3.05) is 25.1 Å². The molecule has 0 amide bonds. The van der Waals surface area contributed by atoms with E-state index in [0.717, 1.165) is 22.4 Å². The van der Waals surface area contributed by atoms with Crippen molar-refractivity contribution in [1.29, 1.82) is 0 Å². The van der Waals surface area contributed by atoms with Gasteiger partial charge in [0.25, 0.3) is 0 Å². The van der Waals surface area contributed by atoms with Crippen LogP contribution in [0.5, 0.6) is 0 Å². The van der Waals surface area contributed by atoms with Gasteiger partial charge in [0, 0.05) is 28.6 Å². The highest BCUT2D eigenvalue weighted by Crippen LogP contribution is 2.39. The SMILES string of the molecule is Cc1sc(C(=O)c2cncnc2NC[C@@H]2C[C@H](COS(N)(=O)=O)[C@@H](OC(=O)[C@H](C)N)C2)cc1C1OCCc2ccc(Cl)cc21. The van der Waals surface area contributed by atoms with Gasteiger partial charge in [0.2, 0.25) is 5.78 Å². The molecular weight excluding hydrogens is 630 g/mol. The summed E-state index contributed by atoms with van der Waals surface area (Å²) in [6, 6.07) is 6.85. The third-order valence-electron chi connectivity index (χ3n) is 7.84. The Morgan fingerprint density at radius 3 is 2.80 bits per heavy atom. The molecule has 5 atom stereocenters. The average molecular weight is 664 g/mol. The summed E-state index contributed by atoms with van der Waals surface area (Å²) >= 11 is 7.67. The number of rotatable bonds is 11. The molecule has 3 heterocycles. The summed E-state index contributed by atoms with van der Waals surface area (Å²) in [4.78, 5) is 35.8. The Morgan fingerprint density at radius 2 is 2.05 bits per heavy atom. The van der Waals surface area contributed by atoms with E-state index in [2.05, 4.69) is 15.3 Å². The third-order valence-corrected chi connectivity index (χ3v) is 9.60. The lowest BCUT2D eigenvalue weighted by molar-refractivity contribution is -0.152. The average Bonchev–Trinajstić information content (AvgIpc) is 3.56. The van der Waals surface area contributed by atoms with Gasteiger partial charge in [-0.3, -0.25) is 13.8 Å². The first-order valence-corrected chi connectivity index (χ1v) is 16.8. The molecule has 236 valence electrons. The van der Waals surface area contributed by atoms with Crippen molar-refractivity contribution in [3.63, 3.8) is 0 Å². The summed E-state index contributed by atoms with van der Waals surface area (Å²) in [5.74, 6) is -0.937. The number of hydrogen-bond acceptors (Lipinski definition) is 12. The molecule has 1 saturated carbocycles. The van der Waals surface area contributed by atoms with Gasteiger partial charge in [-0.15, -0.1) is 11.3 Å². The zero-order valence-corrected chi connectivity index (χ0v) is 26.6. The van der Waals surface area contributed by atoms with E-state index >= 15 is 0 Å². The molecule has 44 heavy (non-hydrogen) atoms. The number of anilines is 1. The first-order valence-electron chi connectivity index (χ1n) is 14.1. The van der Waals surface area contributed by atoms with Crippen LogP contribution in [0.2, 0.25) is 5.02 Å². The van der Waals surface area contributed by atoms with Crippen molar-refractivity contribution in [1.82, 2.24) is 9.97 Å². The van der Waals surface area contributed by atoms with E-state index in [1.165, 1.54) is 36.3 Å². The number of carbonyl (C=O) groups excluding carboxylic acids is 2. The number of esters is 1. The molecule has 2 aliphatic rings. The number of hydrogen-bond donors (Lipinski definition) is 3. The molecule has 1 aliphatic heterocycles. The Labute approximate surface area is 264 Å². The molecule has 15 heteroatoms. The van der Waals surface area contributed by atoms with E-state index < -0.39 is 34.3 Å². The summed E-state index contributed by atoms with van der Waals surface area (Å²) in [6.07, 6.45) is 3.60. The van der Waals surface area contributed by atoms with Crippen molar-refractivity contribution < 1.29 is 31.7 Å². The molecule has 5 rings (SSSR count). The largest absolute Gasteiger partial charge is 0.461 e. The number of fused-ring (bicyclic) bond motifs is 1. The Balaban J connectivity index is 1.30. The summed E-state index contributed by atoms with van der Waals surface area (Å²) in [5, 5.41) is 8.88. The lowest BCUT2D eigenvalue weighted by Gasteiger charge is -2.26. The van der Waals surface area contributed by atoms with Gasteiger partial charge in [-0.1, -0.05) is 17.7 Å². The van der Waals surface area contributed by atoms with Gasteiger partial charge in [0.15, 0.2) is 0 Å². The highest BCUT2D eigenvalue weighted by Gasteiger charge is 2.38. The van der Waals surface area contributed by atoms with Gasteiger partial charge in [-0.05, 0) is 73.9 Å². The van der Waals surface area contributed by atoms with Crippen LogP contribution in [-0.2, 0) is 35.2 Å². The van der Waals surface area contributed by atoms with Crippen LogP contribution in [-0.4, -0.2) is 62.0 Å². The lowest BCUT2D eigenvalue weighted by atomic mass is 9.93. The molecular formula is C29H34ClN5O7S2. The van der Waals surface area contributed by atoms with Gasteiger partial charge in [-0.25, -0.2) is 15.1 Å². The zero-order valence-electron chi connectivity index (χ0n) is 24.2. The molecule has 5 N–H and O–H groups in total. The predicted octanol–water partition coefficient (Wildman–Crippen LogP) is 3.31. The number of carbonyl (C=O) groups is 2. The normalized spacial score (nSPS) is 22.3. The Kier molecular flexibility index (Phi) is 9.99. The van der Waals surface area contributed by atoms with E-state index in [-0.39, 0.29) is 24.4 Å². The molecule has 1 fully saturated rings. The van der Waals surface area contributed by atoms with Crippen LogP contribution >= 0.6 is 22.9 Å². The molecule has 12 nitrogen and oxygen atoms in total. The number of aryl methyl sites for hydroxylation is 1. The molecule has 0 radical (unpaired) electrons. The zero-order chi connectivity index (χ0) is 31.6. The second-order valence-corrected chi connectivity index (χ2v) is 14.0. The molecule has 3 aromatic rings. The van der Waals surface area contributed by atoms with E-state index in [1.54, 1.807) is 0 Å². The van der Waals surface area contributed by atoms with Crippen LogP contribution in [0.25, 0.3) is 0 Å². The molecule has 0 bridgehead atoms. The fourth-order valence-electron chi connectivity index (χ4n) is 5.67. The number of aromatic nitrogens is 2. The number of halogens is 1. The first kappa shape index (κ1) is 32.4. The minimum atomic E-state index is -4.17. The summed E-state index contributed by atoms with van der Waals surface area (Å²) < 4.78 is 39.2. The highest BCUT2D eigenvalue weighted by atomic mass is 35.5. The summed E-state index contributed by atoms with van der Waals surface area (Å²) in [6.45, 7) is 4.18. The minimum absolute atomic E-state index is 0.0567. The van der Waals surface area contributed by atoms with Gasteiger partial charge >= 0.3 is 16.3 Å². The smallest absolute Gasteiger partial charge is 0.333 e. The van der Waals surface area contributed by atoms with Gasteiger partial charge in [0.1, 0.15) is 30.4 Å². The number of nitrogens with two attached hydrogens (primary N) is 2. The number of thiophene rings is 1. The van der Waals surface area contributed by atoms with E-state index in [9.17, 15) is 18.0 Å². The first-order chi connectivity index (χ1) is 20.9. The number of ether oxygens (including phenoxy) is 2. The molecule has 0 spiro atoms. The third kappa shape index (κ3) is 7.62. The second-order valence-electron chi connectivity index (χ2n) is 11.1. The van der Waals surface area contributed by atoms with Crippen molar-refractivity contribution in [3.8, 4) is 0 Å². The topological polar surface area (TPSA) is 186 Å². The van der Waals surface area contributed by atoms with E-state index in [0.29, 0.717) is 47.3 Å². The maximum Gasteiger partial charge on any atom is 0.333 e. The van der Waals surface area contributed by atoms with E-state index in [1.807, 2.05) is 31.2 Å².